The van der Waals surface area contributed by atoms with Crippen LogP contribution in [0.15, 0.2) is 59.5 Å². The van der Waals surface area contributed by atoms with Crippen LogP contribution in [0.4, 0.5) is 5.69 Å². The highest BCUT2D eigenvalue weighted by Gasteiger charge is 2.33. The molecule has 0 atom stereocenters. The van der Waals surface area contributed by atoms with Gasteiger partial charge in [0.2, 0.25) is 0 Å². The van der Waals surface area contributed by atoms with Gasteiger partial charge in [0, 0.05) is 18.7 Å². The fourth-order valence-electron chi connectivity index (χ4n) is 3.34. The molecular weight excluding hydrogens is 404 g/mol. The summed E-state index contributed by atoms with van der Waals surface area (Å²) in [5, 5.41) is 0. The van der Waals surface area contributed by atoms with Crippen molar-refractivity contribution >= 4 is 51.9 Å². The van der Waals surface area contributed by atoms with Crippen molar-refractivity contribution in [3.8, 4) is 5.75 Å². The number of thiocarbonyl (C=S) groups is 1. The van der Waals surface area contributed by atoms with E-state index in [9.17, 15) is 9.59 Å². The number of nitrogens with zero attached hydrogens (tertiary/aromatic N) is 2. The number of hydrogen-bond donors (Lipinski definition) is 0. The molecule has 7 heteroatoms. The first kappa shape index (κ1) is 19.7. The van der Waals surface area contributed by atoms with Crippen molar-refractivity contribution < 1.29 is 14.3 Å². The van der Waals surface area contributed by atoms with E-state index in [0.29, 0.717) is 15.0 Å². The Morgan fingerprint density at radius 2 is 1.76 bits per heavy atom. The number of amides is 2. The van der Waals surface area contributed by atoms with Crippen LogP contribution in [0.2, 0.25) is 0 Å². The SMILES string of the molecule is O=C(COc1ccccc1/C=C1\SC(=S)N(c2ccccc2)C1=O)N1CCCC1. The van der Waals surface area contributed by atoms with Crippen LogP contribution in [0.5, 0.6) is 5.75 Å². The molecule has 2 aliphatic heterocycles. The van der Waals surface area contributed by atoms with E-state index in [1.54, 1.807) is 12.1 Å². The molecule has 2 aromatic rings. The molecule has 0 aromatic heterocycles. The van der Waals surface area contributed by atoms with Crippen LogP contribution in [0.1, 0.15) is 18.4 Å². The lowest BCUT2D eigenvalue weighted by Crippen LogP contribution is -2.32. The minimum absolute atomic E-state index is 0.00414. The number of carbonyl (C=O) groups is 2. The fraction of sp³-hybridized carbons (Fsp3) is 0.227. The standard InChI is InChI=1S/C22H20N2O3S2/c25-20(23-12-6-7-13-23)15-27-18-11-5-4-8-16(18)14-19-21(26)24(22(28)29-19)17-9-2-1-3-10-17/h1-5,8-11,14H,6-7,12-13,15H2/b19-14-. The summed E-state index contributed by atoms with van der Waals surface area (Å²) in [5.41, 5.74) is 1.49. The van der Waals surface area contributed by atoms with Crippen LogP contribution in [-0.2, 0) is 9.59 Å². The average Bonchev–Trinajstić information content (AvgIpc) is 3.36. The van der Waals surface area contributed by atoms with Gasteiger partial charge in [-0.05, 0) is 37.1 Å². The van der Waals surface area contributed by atoms with Gasteiger partial charge in [-0.1, -0.05) is 60.4 Å². The second-order valence-electron chi connectivity index (χ2n) is 6.77. The minimum Gasteiger partial charge on any atom is -0.483 e. The van der Waals surface area contributed by atoms with E-state index < -0.39 is 0 Å². The van der Waals surface area contributed by atoms with E-state index in [1.807, 2.05) is 53.4 Å². The van der Waals surface area contributed by atoms with Gasteiger partial charge in [0.25, 0.3) is 11.8 Å². The van der Waals surface area contributed by atoms with Gasteiger partial charge in [-0.25, -0.2) is 0 Å². The number of benzene rings is 2. The minimum atomic E-state index is -0.158. The Labute approximate surface area is 179 Å². The molecule has 2 heterocycles. The van der Waals surface area contributed by atoms with E-state index in [4.69, 9.17) is 17.0 Å². The van der Waals surface area contributed by atoms with E-state index in [0.717, 1.165) is 37.2 Å². The number of para-hydroxylation sites is 2. The number of carbonyl (C=O) groups excluding carboxylic acids is 2. The third-order valence-corrected chi connectivity index (χ3v) is 6.13. The molecule has 4 rings (SSSR count). The summed E-state index contributed by atoms with van der Waals surface area (Å²) >= 11 is 6.68. The predicted molar refractivity (Wildman–Crippen MR) is 120 cm³/mol. The van der Waals surface area contributed by atoms with Crippen LogP contribution >= 0.6 is 24.0 Å². The Morgan fingerprint density at radius 1 is 1.07 bits per heavy atom. The van der Waals surface area contributed by atoms with E-state index in [1.165, 1.54) is 16.7 Å². The molecule has 0 saturated carbocycles. The fourth-order valence-corrected chi connectivity index (χ4v) is 4.63. The zero-order valence-electron chi connectivity index (χ0n) is 15.7. The van der Waals surface area contributed by atoms with Crippen LogP contribution in [0.25, 0.3) is 6.08 Å². The molecule has 0 aliphatic carbocycles. The van der Waals surface area contributed by atoms with Crippen molar-refractivity contribution in [3.63, 3.8) is 0 Å². The van der Waals surface area contributed by atoms with Gasteiger partial charge in [-0.15, -0.1) is 0 Å². The number of likely N-dealkylation sites (tertiary alicyclic amines) is 1. The molecule has 148 valence electrons. The molecule has 0 N–H and O–H groups in total. The van der Waals surface area contributed by atoms with E-state index in [2.05, 4.69) is 0 Å². The first-order valence-electron chi connectivity index (χ1n) is 9.46. The van der Waals surface area contributed by atoms with E-state index in [-0.39, 0.29) is 18.4 Å². The third-order valence-electron chi connectivity index (χ3n) is 4.82. The Bertz CT molecular complexity index is 969. The van der Waals surface area contributed by atoms with Gasteiger partial charge in [-0.2, -0.15) is 0 Å². The molecule has 5 nitrogen and oxygen atoms in total. The van der Waals surface area contributed by atoms with Crippen LogP contribution in [0, 0.1) is 0 Å². The molecule has 0 spiro atoms. The molecule has 0 radical (unpaired) electrons. The number of thioether (sulfide) groups is 1. The Balaban J connectivity index is 1.52. The summed E-state index contributed by atoms with van der Waals surface area (Å²) in [7, 11) is 0. The monoisotopic (exact) mass is 424 g/mol. The Kier molecular flexibility index (Phi) is 5.97. The quantitative estimate of drug-likeness (QED) is 0.534. The molecule has 2 fully saturated rings. The van der Waals surface area contributed by atoms with Crippen molar-refractivity contribution in [1.82, 2.24) is 4.90 Å². The summed E-state index contributed by atoms with van der Waals surface area (Å²) in [6, 6.07) is 16.8. The number of rotatable bonds is 5. The number of ether oxygens (including phenoxy) is 1. The van der Waals surface area contributed by atoms with Crippen molar-refractivity contribution in [1.29, 1.82) is 0 Å². The van der Waals surface area contributed by atoms with Crippen molar-refractivity contribution in [2.75, 3.05) is 24.6 Å². The molecule has 2 aliphatic rings. The molecule has 2 amide bonds. The molecule has 2 aromatic carbocycles. The topological polar surface area (TPSA) is 49.9 Å². The number of anilines is 1. The van der Waals surface area contributed by atoms with Crippen LogP contribution < -0.4 is 9.64 Å². The lowest BCUT2D eigenvalue weighted by Gasteiger charge is -2.16. The molecule has 0 unspecified atom stereocenters. The molecular formula is C22H20N2O3S2. The smallest absolute Gasteiger partial charge is 0.270 e. The first-order valence-corrected chi connectivity index (χ1v) is 10.7. The third kappa shape index (κ3) is 4.36. The van der Waals surface area contributed by atoms with E-state index >= 15 is 0 Å². The maximum absolute atomic E-state index is 12.9. The normalized spacial score (nSPS) is 18.0. The Morgan fingerprint density at radius 3 is 2.52 bits per heavy atom. The van der Waals surface area contributed by atoms with Gasteiger partial charge < -0.3 is 9.64 Å². The second-order valence-corrected chi connectivity index (χ2v) is 8.44. The zero-order valence-corrected chi connectivity index (χ0v) is 17.4. The van der Waals surface area contributed by atoms with Gasteiger partial charge in [-0.3, -0.25) is 14.5 Å². The van der Waals surface area contributed by atoms with Gasteiger partial charge >= 0.3 is 0 Å². The second kappa shape index (κ2) is 8.80. The molecule has 2 saturated heterocycles. The summed E-state index contributed by atoms with van der Waals surface area (Å²) in [6.07, 6.45) is 3.87. The van der Waals surface area contributed by atoms with Crippen LogP contribution in [0.3, 0.4) is 0 Å². The summed E-state index contributed by atoms with van der Waals surface area (Å²) in [6.45, 7) is 1.59. The lowest BCUT2D eigenvalue weighted by atomic mass is 10.2. The highest BCUT2D eigenvalue weighted by Crippen LogP contribution is 2.37. The largest absolute Gasteiger partial charge is 0.483 e. The Hall–Kier alpha value is -2.64. The number of hydrogen-bond acceptors (Lipinski definition) is 5. The summed E-state index contributed by atoms with van der Waals surface area (Å²) in [4.78, 5) is 29.1. The lowest BCUT2D eigenvalue weighted by molar-refractivity contribution is -0.132. The molecule has 29 heavy (non-hydrogen) atoms. The summed E-state index contributed by atoms with van der Waals surface area (Å²) < 4.78 is 6.29. The maximum Gasteiger partial charge on any atom is 0.270 e. The van der Waals surface area contributed by atoms with Gasteiger partial charge in [0.1, 0.15) is 5.75 Å². The average molecular weight is 425 g/mol. The first-order chi connectivity index (χ1) is 14.1. The van der Waals surface area contributed by atoms with Crippen molar-refractivity contribution in [2.45, 2.75) is 12.8 Å². The highest BCUT2D eigenvalue weighted by molar-refractivity contribution is 8.27. The van der Waals surface area contributed by atoms with Gasteiger partial charge in [0.15, 0.2) is 10.9 Å². The zero-order chi connectivity index (χ0) is 20.2. The van der Waals surface area contributed by atoms with Crippen LogP contribution in [-0.4, -0.2) is 40.7 Å². The summed E-state index contributed by atoms with van der Waals surface area (Å²) in [5.74, 6) is 0.409. The van der Waals surface area contributed by atoms with Crippen molar-refractivity contribution in [2.24, 2.45) is 0 Å². The predicted octanol–water partition coefficient (Wildman–Crippen LogP) is 4.09. The maximum atomic E-state index is 12.9. The molecule has 0 bridgehead atoms. The van der Waals surface area contributed by atoms with Crippen molar-refractivity contribution in [3.05, 3.63) is 65.1 Å². The highest BCUT2D eigenvalue weighted by atomic mass is 32.2. The van der Waals surface area contributed by atoms with Gasteiger partial charge in [0.05, 0.1) is 10.6 Å².